The van der Waals surface area contributed by atoms with Gasteiger partial charge < -0.3 is 10.1 Å². The molecular formula is C25H28N4O3. The predicted molar refractivity (Wildman–Crippen MR) is 122 cm³/mol. The zero-order valence-electron chi connectivity index (χ0n) is 18.3. The normalized spacial score (nSPS) is 16.8. The van der Waals surface area contributed by atoms with Crippen LogP contribution >= 0.6 is 0 Å². The summed E-state index contributed by atoms with van der Waals surface area (Å²) in [7, 11) is 0. The summed E-state index contributed by atoms with van der Waals surface area (Å²) in [6.07, 6.45) is 7.81. The summed E-state index contributed by atoms with van der Waals surface area (Å²) < 4.78 is 0. The average Bonchev–Trinajstić information content (AvgIpc) is 3.15. The van der Waals surface area contributed by atoms with Crippen molar-refractivity contribution in [3.05, 3.63) is 81.8 Å². The summed E-state index contributed by atoms with van der Waals surface area (Å²) in [5, 5.41) is 6.89. The maximum Gasteiger partial charge on any atom is 0.290 e. The van der Waals surface area contributed by atoms with Crippen LogP contribution in [0.15, 0.2) is 53.6 Å². The smallest absolute Gasteiger partial charge is 0.290 e. The Hall–Kier alpha value is -3.32. The van der Waals surface area contributed by atoms with E-state index in [1.54, 1.807) is 6.20 Å². The molecule has 7 nitrogen and oxygen atoms in total. The van der Waals surface area contributed by atoms with E-state index in [2.05, 4.69) is 45.2 Å². The summed E-state index contributed by atoms with van der Waals surface area (Å²) in [6.45, 7) is 4.71. The molecule has 0 atom stereocenters. The van der Waals surface area contributed by atoms with E-state index >= 15 is 0 Å². The number of nitrogens with zero attached hydrogens (tertiary/aromatic N) is 3. The van der Waals surface area contributed by atoms with Crippen LogP contribution in [0.5, 0.6) is 0 Å². The Morgan fingerprint density at radius 2 is 1.84 bits per heavy atom. The monoisotopic (exact) mass is 432 g/mol. The number of aromatic nitrogens is 3. The molecule has 1 aromatic carbocycles. The molecule has 0 radical (unpaired) electrons. The Morgan fingerprint density at radius 3 is 2.50 bits per heavy atom. The molecule has 3 aromatic rings. The van der Waals surface area contributed by atoms with Crippen LogP contribution in [-0.2, 0) is 23.2 Å². The maximum absolute atomic E-state index is 12.3. The van der Waals surface area contributed by atoms with Crippen LogP contribution in [-0.4, -0.2) is 44.5 Å². The lowest BCUT2D eigenvalue weighted by atomic mass is 9.76. The van der Waals surface area contributed by atoms with E-state index in [1.165, 1.54) is 11.1 Å². The molecule has 0 amide bonds. The number of H-pyrrole nitrogens is 1. The van der Waals surface area contributed by atoms with E-state index in [1.807, 2.05) is 19.2 Å². The van der Waals surface area contributed by atoms with Gasteiger partial charge >= 0.3 is 0 Å². The molecule has 1 saturated heterocycles. The largest absolute Gasteiger partial charge is 0.483 e. The van der Waals surface area contributed by atoms with Gasteiger partial charge in [-0.1, -0.05) is 30.3 Å². The SMILES string of the molecule is Cc1nc2c(c(=O)[nH]1)CCC21CCN(Cc2ccc(-c3cccnc3)cc2)CC1.O=CO. The van der Waals surface area contributed by atoms with E-state index in [0.717, 1.165) is 68.0 Å². The van der Waals surface area contributed by atoms with E-state index in [9.17, 15) is 4.79 Å². The molecule has 166 valence electrons. The van der Waals surface area contributed by atoms with E-state index in [0.29, 0.717) is 0 Å². The number of carboxylic acid groups (broad SMARTS) is 1. The predicted octanol–water partition coefficient (Wildman–Crippen LogP) is 3.32. The van der Waals surface area contributed by atoms with Gasteiger partial charge in [-0.3, -0.25) is 19.5 Å². The van der Waals surface area contributed by atoms with Crippen molar-refractivity contribution in [2.75, 3.05) is 13.1 Å². The minimum Gasteiger partial charge on any atom is -0.483 e. The van der Waals surface area contributed by atoms with Crippen molar-refractivity contribution in [2.24, 2.45) is 0 Å². The average molecular weight is 433 g/mol. The number of hydrogen-bond donors (Lipinski definition) is 2. The first-order valence-corrected chi connectivity index (χ1v) is 10.9. The number of benzene rings is 1. The third-order valence-corrected chi connectivity index (χ3v) is 6.66. The first-order chi connectivity index (χ1) is 15.5. The van der Waals surface area contributed by atoms with Crippen LogP contribution in [0.2, 0.25) is 0 Å². The number of pyridine rings is 1. The van der Waals surface area contributed by atoms with Crippen molar-refractivity contribution in [2.45, 2.75) is 44.6 Å². The van der Waals surface area contributed by atoms with Crippen molar-refractivity contribution < 1.29 is 9.90 Å². The molecule has 1 spiro atoms. The summed E-state index contributed by atoms with van der Waals surface area (Å²) in [4.78, 5) is 35.0. The van der Waals surface area contributed by atoms with E-state index in [-0.39, 0.29) is 17.4 Å². The third kappa shape index (κ3) is 4.48. The molecule has 32 heavy (non-hydrogen) atoms. The molecule has 1 aliphatic heterocycles. The maximum atomic E-state index is 12.3. The first kappa shape index (κ1) is 21.9. The number of piperidine rings is 1. The molecule has 7 heteroatoms. The van der Waals surface area contributed by atoms with Gasteiger partial charge in [0, 0.05) is 29.9 Å². The highest BCUT2D eigenvalue weighted by atomic mass is 16.3. The Kier molecular flexibility index (Phi) is 6.46. The van der Waals surface area contributed by atoms with Gasteiger partial charge in [-0.25, -0.2) is 4.98 Å². The fourth-order valence-electron chi connectivity index (χ4n) is 4.98. The zero-order chi connectivity index (χ0) is 22.6. The Bertz CT molecular complexity index is 1120. The second-order valence-electron chi connectivity index (χ2n) is 8.58. The van der Waals surface area contributed by atoms with Crippen molar-refractivity contribution in [1.29, 1.82) is 0 Å². The molecule has 2 N–H and O–H groups in total. The van der Waals surface area contributed by atoms with Gasteiger partial charge in [-0.2, -0.15) is 0 Å². The van der Waals surface area contributed by atoms with Crippen LogP contribution in [0.25, 0.3) is 11.1 Å². The van der Waals surface area contributed by atoms with Gasteiger partial charge in [0.2, 0.25) is 0 Å². The van der Waals surface area contributed by atoms with Crippen LogP contribution in [0, 0.1) is 6.92 Å². The quantitative estimate of drug-likeness (QED) is 0.616. The zero-order valence-corrected chi connectivity index (χ0v) is 18.3. The molecule has 0 bridgehead atoms. The fraction of sp³-hybridized carbons (Fsp3) is 0.360. The highest BCUT2D eigenvalue weighted by molar-refractivity contribution is 5.62. The number of hydrogen-bond acceptors (Lipinski definition) is 5. The van der Waals surface area contributed by atoms with Gasteiger partial charge in [0.05, 0.1) is 5.69 Å². The Balaban J connectivity index is 0.000000775. The van der Waals surface area contributed by atoms with Crippen molar-refractivity contribution in [3.8, 4) is 11.1 Å². The molecule has 2 aliphatic rings. The second-order valence-corrected chi connectivity index (χ2v) is 8.58. The molecule has 0 unspecified atom stereocenters. The first-order valence-electron chi connectivity index (χ1n) is 10.9. The molecule has 2 aromatic heterocycles. The fourth-order valence-corrected chi connectivity index (χ4v) is 4.98. The summed E-state index contributed by atoms with van der Waals surface area (Å²) >= 11 is 0. The molecule has 5 rings (SSSR count). The lowest BCUT2D eigenvalue weighted by molar-refractivity contribution is -0.122. The molecular weight excluding hydrogens is 404 g/mol. The van der Waals surface area contributed by atoms with Crippen LogP contribution in [0.4, 0.5) is 0 Å². The van der Waals surface area contributed by atoms with Crippen LogP contribution in [0.3, 0.4) is 0 Å². The van der Waals surface area contributed by atoms with Crippen molar-refractivity contribution in [3.63, 3.8) is 0 Å². The number of rotatable bonds is 3. The van der Waals surface area contributed by atoms with Gasteiger partial charge in [-0.15, -0.1) is 0 Å². The topological polar surface area (TPSA) is 99.2 Å². The van der Waals surface area contributed by atoms with Gasteiger partial charge in [-0.05, 0) is 68.5 Å². The van der Waals surface area contributed by atoms with Gasteiger partial charge in [0.15, 0.2) is 0 Å². The molecule has 3 heterocycles. The highest BCUT2D eigenvalue weighted by Gasteiger charge is 2.43. The molecule has 1 aliphatic carbocycles. The van der Waals surface area contributed by atoms with Crippen LogP contribution in [0.1, 0.15) is 41.9 Å². The molecule has 1 fully saturated rings. The number of nitrogens with one attached hydrogen (secondary N) is 1. The summed E-state index contributed by atoms with van der Waals surface area (Å²) in [6, 6.07) is 12.9. The number of aromatic amines is 1. The standard InChI is InChI=1S/C24H26N4O.CH2O2/c1-17-26-22-21(23(29)27-17)8-9-24(22)10-13-28(14-11-24)16-18-4-6-19(7-5-18)20-3-2-12-25-15-20;2-1-3/h2-7,12,15H,8-11,13-14,16H2,1H3,(H,26,27,29);1H,(H,2,3). The number of carbonyl (C=O) groups is 1. The second kappa shape index (κ2) is 9.44. The lowest BCUT2D eigenvalue weighted by Crippen LogP contribution is -2.41. The molecule has 0 saturated carbocycles. The number of likely N-dealkylation sites (tertiary alicyclic amines) is 1. The minimum atomic E-state index is -0.250. The minimum absolute atomic E-state index is 0.0699. The van der Waals surface area contributed by atoms with Crippen molar-refractivity contribution >= 4 is 6.47 Å². The van der Waals surface area contributed by atoms with Gasteiger partial charge in [0.1, 0.15) is 5.82 Å². The van der Waals surface area contributed by atoms with E-state index in [4.69, 9.17) is 14.9 Å². The number of fused-ring (bicyclic) bond motifs is 2. The Labute approximate surface area is 187 Å². The lowest BCUT2D eigenvalue weighted by Gasteiger charge is -2.39. The highest BCUT2D eigenvalue weighted by Crippen LogP contribution is 2.44. The number of aryl methyl sites for hydroxylation is 1. The summed E-state index contributed by atoms with van der Waals surface area (Å²) in [5.41, 5.74) is 5.88. The Morgan fingerprint density at radius 1 is 1.12 bits per heavy atom. The van der Waals surface area contributed by atoms with Gasteiger partial charge in [0.25, 0.3) is 12.0 Å². The summed E-state index contributed by atoms with van der Waals surface area (Å²) in [5.74, 6) is 0.742. The third-order valence-electron chi connectivity index (χ3n) is 6.66. The van der Waals surface area contributed by atoms with Crippen LogP contribution < -0.4 is 5.56 Å². The van der Waals surface area contributed by atoms with Crippen molar-refractivity contribution in [1.82, 2.24) is 19.9 Å². The van der Waals surface area contributed by atoms with E-state index < -0.39 is 0 Å².